The largest absolute Gasteiger partial charge is 0.452 e. The summed E-state index contributed by atoms with van der Waals surface area (Å²) in [5.74, 6) is -2.71. The van der Waals surface area contributed by atoms with Gasteiger partial charge in [-0.2, -0.15) is 0 Å². The third-order valence-corrected chi connectivity index (χ3v) is 4.45. The number of fused-ring (bicyclic) bond motifs is 1. The van der Waals surface area contributed by atoms with E-state index in [4.69, 9.17) is 4.74 Å². The molecule has 7 heteroatoms. The summed E-state index contributed by atoms with van der Waals surface area (Å²) in [6.07, 6.45) is 0. The van der Waals surface area contributed by atoms with Gasteiger partial charge in [-0.3, -0.25) is 9.78 Å². The number of benzene rings is 2. The molecule has 0 bridgehead atoms. The predicted molar refractivity (Wildman–Crippen MR) is 104 cm³/mol. The highest BCUT2D eigenvalue weighted by molar-refractivity contribution is 6.04. The van der Waals surface area contributed by atoms with Gasteiger partial charge in [0, 0.05) is 22.7 Å². The topological polar surface area (TPSA) is 68.3 Å². The molecule has 2 aromatic carbocycles. The Kier molecular flexibility index (Phi) is 5.87. The Bertz CT molecular complexity index is 1100. The fourth-order valence-electron chi connectivity index (χ4n) is 3.06. The molecule has 0 saturated carbocycles. The van der Waals surface area contributed by atoms with Crippen LogP contribution in [0.4, 0.5) is 8.78 Å². The summed E-state index contributed by atoms with van der Waals surface area (Å²) in [5.41, 5.74) is 2.73. The molecule has 1 heterocycles. The van der Waals surface area contributed by atoms with E-state index in [1.165, 1.54) is 6.07 Å². The quantitative estimate of drug-likeness (QED) is 0.655. The zero-order chi connectivity index (χ0) is 21.1. The maximum Gasteiger partial charge on any atom is 0.339 e. The average molecular weight is 398 g/mol. The van der Waals surface area contributed by atoms with Crippen LogP contribution in [0.5, 0.6) is 0 Å². The van der Waals surface area contributed by atoms with Crippen LogP contribution in [0.3, 0.4) is 0 Å². The molecule has 0 aliphatic rings. The number of ether oxygens (including phenoxy) is 1. The number of nitrogens with one attached hydrogen (secondary N) is 1. The smallest absolute Gasteiger partial charge is 0.339 e. The Morgan fingerprint density at radius 1 is 1.10 bits per heavy atom. The Hall–Kier alpha value is -3.35. The minimum absolute atomic E-state index is 0.136. The number of aromatic nitrogens is 1. The van der Waals surface area contributed by atoms with Crippen LogP contribution < -0.4 is 5.32 Å². The van der Waals surface area contributed by atoms with Gasteiger partial charge in [0.25, 0.3) is 5.91 Å². The van der Waals surface area contributed by atoms with Crippen LogP contribution in [0.1, 0.15) is 40.1 Å². The molecule has 1 aromatic heterocycles. The Labute approximate surface area is 166 Å². The number of aryl methyl sites for hydroxylation is 2. The number of nitrogens with zero attached hydrogens (tertiary/aromatic N) is 1. The highest BCUT2D eigenvalue weighted by Gasteiger charge is 2.18. The van der Waals surface area contributed by atoms with Gasteiger partial charge < -0.3 is 10.1 Å². The first-order chi connectivity index (χ1) is 13.7. The minimum atomic E-state index is -0.760. The van der Waals surface area contributed by atoms with Crippen LogP contribution in [0, 0.1) is 25.5 Å². The van der Waals surface area contributed by atoms with Crippen LogP contribution in [0.2, 0.25) is 0 Å². The number of halogens is 2. The summed E-state index contributed by atoms with van der Waals surface area (Å²) in [6, 6.07) is 9.56. The van der Waals surface area contributed by atoms with Crippen molar-refractivity contribution in [2.24, 2.45) is 0 Å². The van der Waals surface area contributed by atoms with E-state index in [2.05, 4.69) is 10.3 Å². The Morgan fingerprint density at radius 2 is 1.86 bits per heavy atom. The predicted octanol–water partition coefficient (Wildman–Crippen LogP) is 4.16. The van der Waals surface area contributed by atoms with Crippen molar-refractivity contribution >= 4 is 22.8 Å². The minimum Gasteiger partial charge on any atom is -0.452 e. The molecular formula is C22H20F2N2O3. The number of hydrogen-bond donors (Lipinski definition) is 1. The van der Waals surface area contributed by atoms with E-state index in [9.17, 15) is 18.4 Å². The fourth-order valence-corrected chi connectivity index (χ4v) is 3.06. The van der Waals surface area contributed by atoms with Gasteiger partial charge in [0.15, 0.2) is 6.61 Å². The van der Waals surface area contributed by atoms with Crippen LogP contribution in [0.15, 0.2) is 42.5 Å². The van der Waals surface area contributed by atoms with Crippen molar-refractivity contribution in [1.29, 1.82) is 0 Å². The Balaban J connectivity index is 1.68. The summed E-state index contributed by atoms with van der Waals surface area (Å²) in [7, 11) is 0. The normalized spacial score (nSPS) is 11.9. The van der Waals surface area contributed by atoms with Crippen LogP contribution in [0.25, 0.3) is 10.9 Å². The second-order valence-corrected chi connectivity index (χ2v) is 6.86. The molecule has 1 amide bonds. The molecule has 0 aliphatic heterocycles. The lowest BCUT2D eigenvalue weighted by Crippen LogP contribution is -2.31. The summed E-state index contributed by atoms with van der Waals surface area (Å²) < 4.78 is 32.0. The number of esters is 1. The van der Waals surface area contributed by atoms with Crippen LogP contribution in [-0.2, 0) is 9.53 Å². The molecule has 0 saturated heterocycles. The van der Waals surface area contributed by atoms with Gasteiger partial charge in [-0.05, 0) is 45.0 Å². The number of pyridine rings is 1. The van der Waals surface area contributed by atoms with E-state index in [1.807, 2.05) is 25.1 Å². The van der Waals surface area contributed by atoms with Gasteiger partial charge in [-0.15, -0.1) is 0 Å². The summed E-state index contributed by atoms with van der Waals surface area (Å²) in [6.45, 7) is 4.69. The SMILES string of the molecule is Cc1ccc2nc(C)cc(C(=O)OCC(=O)NC(C)c3ccc(F)cc3F)c2c1. The number of carbonyl (C=O) groups is 2. The molecule has 1 atom stereocenters. The zero-order valence-corrected chi connectivity index (χ0v) is 16.3. The highest BCUT2D eigenvalue weighted by Crippen LogP contribution is 2.21. The van der Waals surface area contributed by atoms with Gasteiger partial charge in [0.05, 0.1) is 17.1 Å². The molecule has 3 aromatic rings. The lowest BCUT2D eigenvalue weighted by atomic mass is 10.1. The van der Waals surface area contributed by atoms with Gasteiger partial charge in [0.2, 0.25) is 0 Å². The van der Waals surface area contributed by atoms with Crippen molar-refractivity contribution in [3.63, 3.8) is 0 Å². The van der Waals surface area contributed by atoms with E-state index in [0.29, 0.717) is 22.2 Å². The molecule has 1 unspecified atom stereocenters. The van der Waals surface area contributed by atoms with Gasteiger partial charge in [-0.1, -0.05) is 17.7 Å². The summed E-state index contributed by atoms with van der Waals surface area (Å²) in [5, 5.41) is 3.17. The fraction of sp³-hybridized carbons (Fsp3) is 0.227. The molecule has 0 fully saturated rings. The van der Waals surface area contributed by atoms with E-state index in [1.54, 1.807) is 19.9 Å². The molecule has 0 radical (unpaired) electrons. The maximum atomic E-state index is 13.8. The third-order valence-electron chi connectivity index (χ3n) is 4.45. The molecular weight excluding hydrogens is 378 g/mol. The second kappa shape index (κ2) is 8.34. The second-order valence-electron chi connectivity index (χ2n) is 6.86. The maximum absolute atomic E-state index is 13.8. The van der Waals surface area contributed by atoms with Crippen LogP contribution in [-0.4, -0.2) is 23.5 Å². The van der Waals surface area contributed by atoms with E-state index < -0.39 is 36.2 Å². The molecule has 1 N–H and O–H groups in total. The molecule has 5 nitrogen and oxygen atoms in total. The summed E-state index contributed by atoms with van der Waals surface area (Å²) >= 11 is 0. The van der Waals surface area contributed by atoms with E-state index in [-0.39, 0.29) is 5.56 Å². The standard InChI is InChI=1S/C22H20F2N2O3/c1-12-4-7-20-17(8-12)18(9-13(2)25-20)22(28)29-11-21(27)26-14(3)16-6-5-15(23)10-19(16)24/h4-10,14H,11H2,1-3H3,(H,26,27). The molecule has 0 aliphatic carbocycles. The average Bonchev–Trinajstić information content (AvgIpc) is 2.65. The molecule has 3 rings (SSSR count). The van der Waals surface area contributed by atoms with E-state index >= 15 is 0 Å². The number of hydrogen-bond acceptors (Lipinski definition) is 4. The van der Waals surface area contributed by atoms with E-state index in [0.717, 1.165) is 17.7 Å². The monoisotopic (exact) mass is 398 g/mol. The highest BCUT2D eigenvalue weighted by atomic mass is 19.1. The first-order valence-electron chi connectivity index (χ1n) is 9.04. The number of amides is 1. The number of rotatable bonds is 5. The molecule has 29 heavy (non-hydrogen) atoms. The van der Waals surface area contributed by atoms with Crippen molar-refractivity contribution in [2.75, 3.05) is 6.61 Å². The Morgan fingerprint density at radius 3 is 2.59 bits per heavy atom. The van der Waals surface area contributed by atoms with Gasteiger partial charge in [-0.25, -0.2) is 13.6 Å². The summed E-state index contributed by atoms with van der Waals surface area (Å²) in [4.78, 5) is 29.1. The first kappa shape index (κ1) is 20.4. The van der Waals surface area contributed by atoms with Gasteiger partial charge >= 0.3 is 5.97 Å². The number of carbonyl (C=O) groups excluding carboxylic acids is 2. The lowest BCUT2D eigenvalue weighted by Gasteiger charge is -2.15. The van der Waals surface area contributed by atoms with Crippen LogP contribution >= 0.6 is 0 Å². The van der Waals surface area contributed by atoms with Crippen molar-refractivity contribution in [3.05, 3.63) is 76.5 Å². The van der Waals surface area contributed by atoms with Crippen molar-refractivity contribution in [1.82, 2.24) is 10.3 Å². The van der Waals surface area contributed by atoms with Gasteiger partial charge in [0.1, 0.15) is 11.6 Å². The van der Waals surface area contributed by atoms with Crippen molar-refractivity contribution < 1.29 is 23.1 Å². The van der Waals surface area contributed by atoms with Crippen molar-refractivity contribution in [3.8, 4) is 0 Å². The third kappa shape index (κ3) is 4.74. The lowest BCUT2D eigenvalue weighted by molar-refractivity contribution is -0.124. The van der Waals surface area contributed by atoms with Crippen molar-refractivity contribution in [2.45, 2.75) is 26.8 Å². The molecule has 150 valence electrons. The molecule has 0 spiro atoms. The zero-order valence-electron chi connectivity index (χ0n) is 16.3. The first-order valence-corrected chi connectivity index (χ1v) is 9.04.